The molecule has 0 aromatic carbocycles. The summed E-state index contributed by atoms with van der Waals surface area (Å²) < 4.78 is 1.06. The van der Waals surface area contributed by atoms with Gasteiger partial charge in [-0.2, -0.15) is 0 Å². The van der Waals surface area contributed by atoms with Crippen LogP contribution in [0, 0.1) is 0 Å². The number of hydrogen-bond acceptors (Lipinski definition) is 5. The second kappa shape index (κ2) is 6.80. The lowest BCUT2D eigenvalue weighted by molar-refractivity contribution is -0.130. The summed E-state index contributed by atoms with van der Waals surface area (Å²) in [6.45, 7) is 2.40. The van der Waals surface area contributed by atoms with Crippen LogP contribution in [-0.2, 0) is 11.2 Å². The van der Waals surface area contributed by atoms with Crippen LogP contribution in [0.1, 0.15) is 12.6 Å². The van der Waals surface area contributed by atoms with Gasteiger partial charge in [0.1, 0.15) is 5.01 Å². The third-order valence-electron chi connectivity index (χ3n) is 3.06. The van der Waals surface area contributed by atoms with Gasteiger partial charge in [-0.3, -0.25) is 4.79 Å². The van der Waals surface area contributed by atoms with E-state index in [1.807, 2.05) is 23.8 Å². The summed E-state index contributed by atoms with van der Waals surface area (Å²) >= 11 is 6.64. The SMILES string of the molecule is CC(CN)N(C)C(=O)Cc1csc(-c2cc(Br)cs2)n1. The van der Waals surface area contributed by atoms with Crippen LogP contribution < -0.4 is 5.73 Å². The highest BCUT2D eigenvalue weighted by Crippen LogP contribution is 2.32. The third kappa shape index (κ3) is 3.66. The third-order valence-corrected chi connectivity index (χ3v) is 5.81. The van der Waals surface area contributed by atoms with E-state index >= 15 is 0 Å². The normalized spacial score (nSPS) is 12.4. The van der Waals surface area contributed by atoms with E-state index in [1.165, 1.54) is 0 Å². The number of thiophene rings is 1. The van der Waals surface area contributed by atoms with Crippen molar-refractivity contribution in [1.82, 2.24) is 9.88 Å². The van der Waals surface area contributed by atoms with Crippen LogP contribution in [0.4, 0.5) is 0 Å². The second-order valence-corrected chi connectivity index (χ2v) is 7.22. The summed E-state index contributed by atoms with van der Waals surface area (Å²) in [7, 11) is 1.78. The molecule has 0 radical (unpaired) electrons. The molecule has 2 aromatic heterocycles. The van der Waals surface area contributed by atoms with Gasteiger partial charge in [0.15, 0.2) is 0 Å². The van der Waals surface area contributed by atoms with Crippen LogP contribution >= 0.6 is 38.6 Å². The van der Waals surface area contributed by atoms with E-state index in [0.717, 1.165) is 20.1 Å². The van der Waals surface area contributed by atoms with Gasteiger partial charge in [-0.15, -0.1) is 22.7 Å². The van der Waals surface area contributed by atoms with Crippen molar-refractivity contribution >= 4 is 44.5 Å². The zero-order chi connectivity index (χ0) is 14.7. The smallest absolute Gasteiger partial charge is 0.228 e. The highest BCUT2D eigenvalue weighted by atomic mass is 79.9. The van der Waals surface area contributed by atoms with Crippen molar-refractivity contribution in [3.63, 3.8) is 0 Å². The fourth-order valence-electron chi connectivity index (χ4n) is 1.61. The van der Waals surface area contributed by atoms with Crippen molar-refractivity contribution in [3.8, 4) is 9.88 Å². The molecule has 0 aliphatic heterocycles. The maximum absolute atomic E-state index is 12.1. The number of likely N-dealkylation sites (N-methyl/N-ethyl adjacent to an activating group) is 1. The summed E-state index contributed by atoms with van der Waals surface area (Å²) in [6, 6.07) is 2.09. The number of nitrogens with two attached hydrogens (primary N) is 1. The molecule has 0 saturated carbocycles. The first-order valence-corrected chi connectivity index (χ1v) is 8.71. The quantitative estimate of drug-likeness (QED) is 0.875. The number of carbonyl (C=O) groups excluding carboxylic acids is 1. The van der Waals surface area contributed by atoms with Crippen LogP contribution in [0.2, 0.25) is 0 Å². The fraction of sp³-hybridized carbons (Fsp3) is 0.385. The van der Waals surface area contributed by atoms with Crippen LogP contribution in [0.3, 0.4) is 0 Å². The molecule has 20 heavy (non-hydrogen) atoms. The van der Waals surface area contributed by atoms with Gasteiger partial charge >= 0.3 is 0 Å². The van der Waals surface area contributed by atoms with E-state index in [0.29, 0.717) is 13.0 Å². The summed E-state index contributed by atoms with van der Waals surface area (Å²) in [6.07, 6.45) is 0.323. The zero-order valence-electron chi connectivity index (χ0n) is 11.3. The van der Waals surface area contributed by atoms with Crippen molar-refractivity contribution in [2.75, 3.05) is 13.6 Å². The summed E-state index contributed by atoms with van der Waals surface area (Å²) in [4.78, 5) is 19.4. The topological polar surface area (TPSA) is 59.2 Å². The molecular weight excluding hydrogens is 358 g/mol. The Morgan fingerprint density at radius 1 is 1.50 bits per heavy atom. The maximum atomic E-state index is 12.1. The van der Waals surface area contributed by atoms with E-state index in [1.54, 1.807) is 34.6 Å². The summed E-state index contributed by atoms with van der Waals surface area (Å²) in [5.41, 5.74) is 6.39. The van der Waals surface area contributed by atoms with Gasteiger partial charge in [0, 0.05) is 34.9 Å². The Labute approximate surface area is 134 Å². The minimum absolute atomic E-state index is 0.0483. The molecule has 0 aliphatic carbocycles. The van der Waals surface area contributed by atoms with Gasteiger partial charge in [0.05, 0.1) is 17.0 Å². The number of thiazole rings is 1. The van der Waals surface area contributed by atoms with E-state index in [2.05, 4.69) is 20.9 Å². The van der Waals surface area contributed by atoms with E-state index in [4.69, 9.17) is 5.73 Å². The Kier molecular flexibility index (Phi) is 5.31. The van der Waals surface area contributed by atoms with Gasteiger partial charge in [-0.1, -0.05) is 0 Å². The number of aromatic nitrogens is 1. The lowest BCUT2D eigenvalue weighted by Crippen LogP contribution is -2.40. The highest BCUT2D eigenvalue weighted by molar-refractivity contribution is 9.10. The predicted octanol–water partition coefficient (Wildman–Crippen LogP) is 2.98. The first-order valence-electron chi connectivity index (χ1n) is 6.15. The number of halogens is 1. The molecule has 2 N–H and O–H groups in total. The summed E-state index contributed by atoms with van der Waals surface area (Å²) in [5.74, 6) is 0.0483. The average Bonchev–Trinajstić information content (AvgIpc) is 3.05. The van der Waals surface area contributed by atoms with Crippen molar-refractivity contribution in [2.45, 2.75) is 19.4 Å². The Morgan fingerprint density at radius 3 is 2.85 bits per heavy atom. The highest BCUT2D eigenvalue weighted by Gasteiger charge is 2.16. The number of nitrogens with zero attached hydrogens (tertiary/aromatic N) is 2. The largest absolute Gasteiger partial charge is 0.341 e. The molecule has 0 bridgehead atoms. The first-order chi connectivity index (χ1) is 9.51. The van der Waals surface area contributed by atoms with Gasteiger partial charge in [0.2, 0.25) is 5.91 Å². The molecule has 1 unspecified atom stereocenters. The second-order valence-electron chi connectivity index (χ2n) is 4.54. The van der Waals surface area contributed by atoms with Crippen molar-refractivity contribution < 1.29 is 4.79 Å². The molecule has 2 aromatic rings. The molecule has 4 nitrogen and oxygen atoms in total. The van der Waals surface area contributed by atoms with Crippen LogP contribution in [0.15, 0.2) is 21.3 Å². The van der Waals surface area contributed by atoms with Gasteiger partial charge in [0.25, 0.3) is 0 Å². The number of hydrogen-bond donors (Lipinski definition) is 1. The first kappa shape index (κ1) is 15.6. The Bertz CT molecular complexity index is 596. The average molecular weight is 374 g/mol. The Hall–Kier alpha value is -0.760. The number of rotatable bonds is 5. The maximum Gasteiger partial charge on any atom is 0.228 e. The lowest BCUT2D eigenvalue weighted by Gasteiger charge is -2.23. The minimum atomic E-state index is 0.0483. The Morgan fingerprint density at radius 2 is 2.25 bits per heavy atom. The lowest BCUT2D eigenvalue weighted by atomic mass is 10.2. The number of carbonyl (C=O) groups is 1. The fourth-order valence-corrected chi connectivity index (χ4v) is 3.94. The molecule has 0 saturated heterocycles. The van der Waals surface area contributed by atoms with Gasteiger partial charge < -0.3 is 10.6 Å². The molecule has 2 heterocycles. The van der Waals surface area contributed by atoms with Crippen molar-refractivity contribution in [1.29, 1.82) is 0 Å². The van der Waals surface area contributed by atoms with Crippen molar-refractivity contribution in [3.05, 3.63) is 27.0 Å². The van der Waals surface area contributed by atoms with Crippen LogP contribution in [-0.4, -0.2) is 35.4 Å². The summed E-state index contributed by atoms with van der Waals surface area (Å²) in [5, 5.41) is 4.93. The molecule has 0 aliphatic rings. The number of amides is 1. The van der Waals surface area contributed by atoms with Crippen LogP contribution in [0.5, 0.6) is 0 Å². The standard InChI is InChI=1S/C13H16BrN3OS2/c1-8(5-15)17(2)12(18)4-10-7-20-13(16-10)11-3-9(14)6-19-11/h3,6-8H,4-5,15H2,1-2H3. The van der Waals surface area contributed by atoms with E-state index in [-0.39, 0.29) is 11.9 Å². The van der Waals surface area contributed by atoms with E-state index < -0.39 is 0 Å². The molecule has 1 atom stereocenters. The molecule has 0 spiro atoms. The molecule has 7 heteroatoms. The van der Waals surface area contributed by atoms with Gasteiger partial charge in [-0.25, -0.2) is 4.98 Å². The van der Waals surface area contributed by atoms with Crippen LogP contribution in [0.25, 0.3) is 9.88 Å². The predicted molar refractivity (Wildman–Crippen MR) is 88.1 cm³/mol. The molecule has 2 rings (SSSR count). The van der Waals surface area contributed by atoms with E-state index in [9.17, 15) is 4.79 Å². The Balaban J connectivity index is 2.05. The monoisotopic (exact) mass is 373 g/mol. The minimum Gasteiger partial charge on any atom is -0.341 e. The van der Waals surface area contributed by atoms with Gasteiger partial charge in [-0.05, 0) is 28.9 Å². The van der Waals surface area contributed by atoms with Crippen molar-refractivity contribution in [2.24, 2.45) is 5.73 Å². The molecule has 1 amide bonds. The molecule has 0 fully saturated rings. The molecular formula is C13H16BrN3OS2. The zero-order valence-corrected chi connectivity index (χ0v) is 14.5. The molecule has 108 valence electrons.